The number of nitrogens with zero attached hydrogens (tertiary/aromatic N) is 3. The summed E-state index contributed by atoms with van der Waals surface area (Å²) in [5.74, 6) is -0.261. The number of aromatic nitrogens is 3. The summed E-state index contributed by atoms with van der Waals surface area (Å²) in [4.78, 5) is 23.8. The Kier molecular flexibility index (Phi) is 5.37. The minimum Gasteiger partial charge on any atom is -0.495 e. The molecule has 2 aromatic carbocycles. The van der Waals surface area contributed by atoms with Crippen LogP contribution >= 0.6 is 11.6 Å². The number of methoxy groups -OCH3 is 1. The van der Waals surface area contributed by atoms with Gasteiger partial charge in [-0.3, -0.25) is 9.59 Å². The van der Waals surface area contributed by atoms with Crippen molar-refractivity contribution in [1.29, 1.82) is 0 Å². The lowest BCUT2D eigenvalue weighted by atomic mass is 10.2. The topological polar surface area (TPSA) is 98.1 Å². The molecule has 0 aliphatic carbocycles. The van der Waals surface area contributed by atoms with E-state index in [4.69, 9.17) is 16.3 Å². The average molecular weight is 386 g/mol. The molecule has 0 atom stereocenters. The third-order valence-electron chi connectivity index (χ3n) is 3.59. The van der Waals surface area contributed by atoms with Crippen LogP contribution in [0.2, 0.25) is 5.02 Å². The highest BCUT2D eigenvalue weighted by atomic mass is 35.5. The number of hydrogen-bond acceptors (Lipinski definition) is 5. The van der Waals surface area contributed by atoms with E-state index in [2.05, 4.69) is 20.9 Å². The zero-order valence-corrected chi connectivity index (χ0v) is 15.3. The van der Waals surface area contributed by atoms with Crippen LogP contribution in [-0.4, -0.2) is 33.9 Å². The molecule has 138 valence electrons. The van der Waals surface area contributed by atoms with Gasteiger partial charge in [-0.15, -0.1) is 5.10 Å². The van der Waals surface area contributed by atoms with E-state index in [0.29, 0.717) is 27.8 Å². The van der Waals surface area contributed by atoms with Crippen LogP contribution in [0.15, 0.2) is 48.7 Å². The van der Waals surface area contributed by atoms with Crippen LogP contribution < -0.4 is 15.4 Å². The summed E-state index contributed by atoms with van der Waals surface area (Å²) in [6.07, 6.45) is 1.47. The van der Waals surface area contributed by atoms with Crippen molar-refractivity contribution in [2.24, 2.45) is 0 Å². The van der Waals surface area contributed by atoms with E-state index in [1.807, 2.05) is 0 Å². The second-order valence-electron chi connectivity index (χ2n) is 5.55. The van der Waals surface area contributed by atoms with E-state index < -0.39 is 5.91 Å². The van der Waals surface area contributed by atoms with E-state index in [0.717, 1.165) is 0 Å². The Morgan fingerprint density at radius 1 is 1.15 bits per heavy atom. The Morgan fingerprint density at radius 2 is 1.93 bits per heavy atom. The lowest BCUT2D eigenvalue weighted by molar-refractivity contribution is -0.114. The van der Waals surface area contributed by atoms with Gasteiger partial charge in [-0.2, -0.15) is 0 Å². The SMILES string of the molecule is COc1ccc(NC(C)=O)cc1NC(=O)c1cn(-c2ccccc2Cl)nn1. The molecule has 3 rings (SSSR count). The Bertz CT molecular complexity index is 1000. The van der Waals surface area contributed by atoms with Gasteiger partial charge < -0.3 is 15.4 Å². The number of para-hydroxylation sites is 1. The normalized spacial score (nSPS) is 10.3. The van der Waals surface area contributed by atoms with Crippen molar-refractivity contribution in [1.82, 2.24) is 15.0 Å². The number of benzene rings is 2. The van der Waals surface area contributed by atoms with E-state index in [-0.39, 0.29) is 11.6 Å². The molecular formula is C18H16ClN5O3. The molecule has 2 N–H and O–H groups in total. The Labute approximate surface area is 160 Å². The Morgan fingerprint density at radius 3 is 2.63 bits per heavy atom. The Balaban J connectivity index is 1.84. The summed E-state index contributed by atoms with van der Waals surface area (Å²) < 4.78 is 6.67. The van der Waals surface area contributed by atoms with Gasteiger partial charge in [0.15, 0.2) is 5.69 Å². The van der Waals surface area contributed by atoms with Gasteiger partial charge in [0.1, 0.15) is 5.75 Å². The number of anilines is 2. The highest BCUT2D eigenvalue weighted by Gasteiger charge is 2.15. The quantitative estimate of drug-likeness (QED) is 0.703. The second kappa shape index (κ2) is 7.88. The third-order valence-corrected chi connectivity index (χ3v) is 3.91. The smallest absolute Gasteiger partial charge is 0.277 e. The Hall–Kier alpha value is -3.39. The fourth-order valence-electron chi connectivity index (χ4n) is 2.40. The lowest BCUT2D eigenvalue weighted by Gasteiger charge is -2.11. The molecule has 9 heteroatoms. The van der Waals surface area contributed by atoms with E-state index in [9.17, 15) is 9.59 Å². The fourth-order valence-corrected chi connectivity index (χ4v) is 2.62. The molecule has 0 saturated heterocycles. The number of amides is 2. The predicted molar refractivity (Wildman–Crippen MR) is 102 cm³/mol. The van der Waals surface area contributed by atoms with E-state index in [1.54, 1.807) is 42.5 Å². The van der Waals surface area contributed by atoms with Crippen LogP contribution in [0.1, 0.15) is 17.4 Å². The zero-order chi connectivity index (χ0) is 19.4. The van der Waals surface area contributed by atoms with Gasteiger partial charge in [0.25, 0.3) is 5.91 Å². The van der Waals surface area contributed by atoms with Crippen molar-refractivity contribution in [3.63, 3.8) is 0 Å². The summed E-state index contributed by atoms with van der Waals surface area (Å²) in [5, 5.41) is 13.7. The van der Waals surface area contributed by atoms with Crippen molar-refractivity contribution >= 4 is 34.8 Å². The first-order valence-corrected chi connectivity index (χ1v) is 8.30. The lowest BCUT2D eigenvalue weighted by Crippen LogP contribution is -2.14. The molecule has 0 aliphatic rings. The van der Waals surface area contributed by atoms with Crippen LogP contribution in [0, 0.1) is 0 Å². The van der Waals surface area contributed by atoms with Crippen molar-refractivity contribution in [2.45, 2.75) is 6.92 Å². The van der Waals surface area contributed by atoms with Crippen LogP contribution in [0.4, 0.5) is 11.4 Å². The first-order chi connectivity index (χ1) is 13.0. The van der Waals surface area contributed by atoms with Crippen molar-refractivity contribution in [3.8, 4) is 11.4 Å². The van der Waals surface area contributed by atoms with Crippen molar-refractivity contribution in [2.75, 3.05) is 17.7 Å². The van der Waals surface area contributed by atoms with Gasteiger partial charge in [0, 0.05) is 12.6 Å². The number of ether oxygens (including phenoxy) is 1. The van der Waals surface area contributed by atoms with Gasteiger partial charge in [0.2, 0.25) is 5.91 Å². The van der Waals surface area contributed by atoms with Crippen molar-refractivity contribution < 1.29 is 14.3 Å². The molecule has 0 saturated carbocycles. The van der Waals surface area contributed by atoms with Crippen molar-refractivity contribution in [3.05, 3.63) is 59.4 Å². The van der Waals surface area contributed by atoms with Gasteiger partial charge in [-0.25, -0.2) is 4.68 Å². The standard InChI is InChI=1S/C18H16ClN5O3/c1-11(25)20-12-7-8-17(27-2)14(9-12)21-18(26)15-10-24(23-22-15)16-6-4-3-5-13(16)19/h3-10H,1-2H3,(H,20,25)(H,21,26). The number of hydrogen-bond donors (Lipinski definition) is 2. The molecule has 1 aromatic heterocycles. The van der Waals surface area contributed by atoms with Gasteiger partial charge in [-0.1, -0.05) is 28.9 Å². The largest absolute Gasteiger partial charge is 0.495 e. The molecule has 0 bridgehead atoms. The number of rotatable bonds is 5. The molecule has 0 spiro atoms. The summed E-state index contributed by atoms with van der Waals surface area (Å²) >= 11 is 6.14. The molecular weight excluding hydrogens is 370 g/mol. The second-order valence-corrected chi connectivity index (χ2v) is 5.96. The highest BCUT2D eigenvalue weighted by molar-refractivity contribution is 6.32. The first-order valence-electron chi connectivity index (χ1n) is 7.92. The van der Waals surface area contributed by atoms with Crippen LogP contribution in [0.25, 0.3) is 5.69 Å². The molecule has 3 aromatic rings. The molecule has 2 amide bonds. The molecule has 0 unspecified atom stereocenters. The predicted octanol–water partition coefficient (Wildman–Crippen LogP) is 3.14. The maximum absolute atomic E-state index is 12.5. The number of carbonyl (C=O) groups excluding carboxylic acids is 2. The minimum atomic E-state index is -0.480. The van der Waals surface area contributed by atoms with Crippen LogP contribution in [-0.2, 0) is 4.79 Å². The maximum Gasteiger partial charge on any atom is 0.277 e. The van der Waals surface area contributed by atoms with Gasteiger partial charge in [-0.05, 0) is 30.3 Å². The van der Waals surface area contributed by atoms with E-state index in [1.165, 1.54) is 24.9 Å². The zero-order valence-electron chi connectivity index (χ0n) is 14.6. The van der Waals surface area contributed by atoms with Gasteiger partial charge >= 0.3 is 0 Å². The summed E-state index contributed by atoms with van der Waals surface area (Å²) in [6.45, 7) is 1.40. The molecule has 0 fully saturated rings. The minimum absolute atomic E-state index is 0.0990. The third kappa shape index (κ3) is 4.24. The number of nitrogens with one attached hydrogen (secondary N) is 2. The molecule has 0 aliphatic heterocycles. The molecule has 0 radical (unpaired) electrons. The van der Waals surface area contributed by atoms with E-state index >= 15 is 0 Å². The summed E-state index contributed by atoms with van der Waals surface area (Å²) in [5.41, 5.74) is 1.62. The summed E-state index contributed by atoms with van der Waals surface area (Å²) in [7, 11) is 1.48. The monoisotopic (exact) mass is 385 g/mol. The fraction of sp³-hybridized carbons (Fsp3) is 0.111. The van der Waals surface area contributed by atoms with Crippen LogP contribution in [0.3, 0.4) is 0 Å². The average Bonchev–Trinajstić information content (AvgIpc) is 3.12. The summed E-state index contributed by atoms with van der Waals surface area (Å²) in [6, 6.07) is 12.0. The highest BCUT2D eigenvalue weighted by Crippen LogP contribution is 2.28. The molecule has 1 heterocycles. The van der Waals surface area contributed by atoms with Crippen LogP contribution in [0.5, 0.6) is 5.75 Å². The number of halogens is 1. The molecule has 8 nitrogen and oxygen atoms in total. The number of carbonyl (C=O) groups is 2. The first kappa shape index (κ1) is 18.4. The van der Waals surface area contributed by atoms with Gasteiger partial charge in [0.05, 0.1) is 29.7 Å². The molecule has 27 heavy (non-hydrogen) atoms. The maximum atomic E-state index is 12.5.